The van der Waals surface area contributed by atoms with Crippen LogP contribution in [0, 0.1) is 0 Å². The second-order valence-corrected chi connectivity index (χ2v) is 7.31. The monoisotopic (exact) mass is 476 g/mol. The maximum absolute atomic E-state index is 10.8. The molecule has 4 aromatic carbocycles. The number of halogens is 2. The van der Waals surface area contributed by atoms with Crippen molar-refractivity contribution in [1.29, 1.82) is 0 Å². The van der Waals surface area contributed by atoms with Crippen molar-refractivity contribution in [3.05, 3.63) is 69.6 Å². The summed E-state index contributed by atoms with van der Waals surface area (Å²) in [6.07, 6.45) is 0. The third kappa shape index (κ3) is 2.90. The maximum Gasteiger partial charge on any atom is 0.138 e. The normalized spacial score (nSPS) is 10.8. The highest BCUT2D eigenvalue weighted by Gasteiger charge is 2.20. The van der Waals surface area contributed by atoms with Gasteiger partial charge < -0.3 is 10.2 Å². The second-order valence-electron chi connectivity index (χ2n) is 5.61. The average Bonchev–Trinajstić information content (AvgIpc) is 2.58. The quantitative estimate of drug-likeness (QED) is 0.320. The molecular formula is C20H14Br2O2S. The van der Waals surface area contributed by atoms with Crippen LogP contribution in [0.2, 0.25) is 0 Å². The molecule has 126 valence electrons. The molecule has 0 spiro atoms. The summed E-state index contributed by atoms with van der Waals surface area (Å²) < 4.78 is 1.19. The SMILES string of the molecule is Oc1c(Br)cc2ccccc2c1-c1c(O)c(Br)cc2ccccc12.S. The van der Waals surface area contributed by atoms with Gasteiger partial charge >= 0.3 is 0 Å². The van der Waals surface area contributed by atoms with E-state index in [1.165, 1.54) is 0 Å². The Morgan fingerprint density at radius 1 is 0.600 bits per heavy atom. The lowest BCUT2D eigenvalue weighted by atomic mass is 9.92. The van der Waals surface area contributed by atoms with E-state index in [2.05, 4.69) is 31.9 Å². The zero-order chi connectivity index (χ0) is 16.8. The van der Waals surface area contributed by atoms with Gasteiger partial charge in [-0.25, -0.2) is 0 Å². The molecule has 2 nitrogen and oxygen atoms in total. The Bertz CT molecular complexity index is 1020. The van der Waals surface area contributed by atoms with Gasteiger partial charge in [0.05, 0.1) is 8.95 Å². The molecule has 0 heterocycles. The van der Waals surface area contributed by atoms with Crippen LogP contribution >= 0.6 is 45.4 Å². The molecule has 0 saturated heterocycles. The number of benzene rings is 4. The van der Waals surface area contributed by atoms with Gasteiger partial charge in [0.1, 0.15) is 11.5 Å². The number of hydrogen-bond donors (Lipinski definition) is 2. The van der Waals surface area contributed by atoms with E-state index in [0.29, 0.717) is 20.1 Å². The van der Waals surface area contributed by atoms with Crippen LogP contribution in [0.3, 0.4) is 0 Å². The van der Waals surface area contributed by atoms with Crippen LogP contribution in [0.1, 0.15) is 0 Å². The van der Waals surface area contributed by atoms with E-state index in [4.69, 9.17) is 0 Å². The molecule has 0 fully saturated rings. The summed E-state index contributed by atoms with van der Waals surface area (Å²) in [7, 11) is 0. The second kappa shape index (κ2) is 6.90. The minimum Gasteiger partial charge on any atom is -0.506 e. The molecule has 0 aliphatic carbocycles. The van der Waals surface area contributed by atoms with Crippen LogP contribution in [0.4, 0.5) is 0 Å². The lowest BCUT2D eigenvalue weighted by Crippen LogP contribution is -1.88. The smallest absolute Gasteiger partial charge is 0.138 e. The van der Waals surface area contributed by atoms with Crippen LogP contribution in [0.15, 0.2) is 69.6 Å². The average molecular weight is 478 g/mol. The lowest BCUT2D eigenvalue weighted by Gasteiger charge is -2.16. The Hall–Kier alpha value is -1.69. The lowest BCUT2D eigenvalue weighted by molar-refractivity contribution is 0.467. The number of fused-ring (bicyclic) bond motifs is 2. The first kappa shape index (κ1) is 18.1. The van der Waals surface area contributed by atoms with Gasteiger partial charge in [0, 0.05) is 11.1 Å². The Morgan fingerprint density at radius 3 is 1.36 bits per heavy atom. The van der Waals surface area contributed by atoms with E-state index >= 15 is 0 Å². The molecule has 0 saturated carbocycles. The molecular weight excluding hydrogens is 464 g/mol. The van der Waals surface area contributed by atoms with E-state index in [1.807, 2.05) is 60.7 Å². The van der Waals surface area contributed by atoms with Gasteiger partial charge in [-0.15, -0.1) is 0 Å². The van der Waals surface area contributed by atoms with Crippen molar-refractivity contribution >= 4 is 66.9 Å². The summed E-state index contributed by atoms with van der Waals surface area (Å²) in [6, 6.07) is 19.4. The van der Waals surface area contributed by atoms with Crippen molar-refractivity contribution in [2.24, 2.45) is 0 Å². The highest BCUT2D eigenvalue weighted by Crippen LogP contribution is 2.49. The molecule has 25 heavy (non-hydrogen) atoms. The van der Waals surface area contributed by atoms with Gasteiger partial charge in [0.25, 0.3) is 0 Å². The molecule has 0 aliphatic heterocycles. The highest BCUT2D eigenvalue weighted by atomic mass is 79.9. The Balaban J connectivity index is 0.00000182. The number of rotatable bonds is 1. The third-order valence-electron chi connectivity index (χ3n) is 4.20. The Labute approximate surface area is 168 Å². The fourth-order valence-electron chi connectivity index (χ4n) is 3.11. The molecule has 4 aromatic rings. The largest absolute Gasteiger partial charge is 0.506 e. The minimum atomic E-state index is 0. The first-order chi connectivity index (χ1) is 11.6. The van der Waals surface area contributed by atoms with E-state index in [9.17, 15) is 10.2 Å². The number of aromatic hydroxyl groups is 2. The van der Waals surface area contributed by atoms with Gasteiger partial charge in [-0.05, 0) is 65.5 Å². The maximum atomic E-state index is 10.8. The molecule has 0 radical (unpaired) electrons. The summed E-state index contributed by atoms with van der Waals surface area (Å²) in [6.45, 7) is 0. The molecule has 4 rings (SSSR count). The molecule has 0 bridgehead atoms. The van der Waals surface area contributed by atoms with E-state index in [0.717, 1.165) is 21.5 Å². The molecule has 0 amide bonds. The molecule has 0 aliphatic rings. The van der Waals surface area contributed by atoms with E-state index in [-0.39, 0.29) is 25.0 Å². The topological polar surface area (TPSA) is 40.5 Å². The van der Waals surface area contributed by atoms with Crippen molar-refractivity contribution < 1.29 is 10.2 Å². The molecule has 5 heteroatoms. The Kier molecular flexibility index (Phi) is 5.00. The fourth-order valence-corrected chi connectivity index (χ4v) is 4.00. The van der Waals surface area contributed by atoms with Gasteiger partial charge in [-0.1, -0.05) is 48.5 Å². The third-order valence-corrected chi connectivity index (χ3v) is 5.41. The zero-order valence-corrected chi connectivity index (χ0v) is 17.1. The standard InChI is InChI=1S/C20H12Br2O2.H2S/c21-15-9-11-5-1-3-7-13(11)17(19(15)23)18-14-8-4-2-6-12(14)10-16(22)20(18)24;/h1-10,23-24H;1H2. The summed E-state index contributed by atoms with van der Waals surface area (Å²) >= 11 is 6.86. The first-order valence-electron chi connectivity index (χ1n) is 7.38. The first-order valence-corrected chi connectivity index (χ1v) is 8.97. The van der Waals surface area contributed by atoms with Crippen molar-refractivity contribution in [3.63, 3.8) is 0 Å². The fraction of sp³-hybridized carbons (Fsp3) is 0. The highest BCUT2D eigenvalue weighted by molar-refractivity contribution is 9.11. The molecule has 0 aromatic heterocycles. The van der Waals surface area contributed by atoms with Crippen LogP contribution in [0.5, 0.6) is 11.5 Å². The minimum absolute atomic E-state index is 0. The summed E-state index contributed by atoms with van der Waals surface area (Å²) in [5.74, 6) is 0.236. The number of hydrogen-bond acceptors (Lipinski definition) is 2. The number of phenolic OH excluding ortho intramolecular Hbond substituents is 2. The van der Waals surface area contributed by atoms with Gasteiger partial charge in [-0.2, -0.15) is 13.5 Å². The van der Waals surface area contributed by atoms with Crippen LogP contribution in [-0.2, 0) is 0 Å². The molecule has 0 atom stereocenters. The van der Waals surface area contributed by atoms with Crippen LogP contribution in [-0.4, -0.2) is 10.2 Å². The van der Waals surface area contributed by atoms with Gasteiger partial charge in [0.15, 0.2) is 0 Å². The summed E-state index contributed by atoms with van der Waals surface area (Å²) in [4.78, 5) is 0. The molecule has 0 unspecified atom stereocenters. The van der Waals surface area contributed by atoms with Crippen LogP contribution < -0.4 is 0 Å². The van der Waals surface area contributed by atoms with Crippen molar-refractivity contribution in [3.8, 4) is 22.6 Å². The van der Waals surface area contributed by atoms with E-state index in [1.54, 1.807) is 0 Å². The van der Waals surface area contributed by atoms with E-state index < -0.39 is 0 Å². The van der Waals surface area contributed by atoms with Crippen molar-refractivity contribution in [1.82, 2.24) is 0 Å². The van der Waals surface area contributed by atoms with Crippen molar-refractivity contribution in [2.75, 3.05) is 0 Å². The van der Waals surface area contributed by atoms with Crippen LogP contribution in [0.25, 0.3) is 32.7 Å². The van der Waals surface area contributed by atoms with Gasteiger partial charge in [0.2, 0.25) is 0 Å². The summed E-state index contributed by atoms with van der Waals surface area (Å²) in [5, 5.41) is 25.2. The summed E-state index contributed by atoms with van der Waals surface area (Å²) in [5.41, 5.74) is 1.24. The number of phenols is 2. The zero-order valence-electron chi connectivity index (χ0n) is 12.9. The predicted molar refractivity (Wildman–Crippen MR) is 116 cm³/mol. The predicted octanol–water partition coefficient (Wildman–Crippen LogP) is 6.71. The van der Waals surface area contributed by atoms with Gasteiger partial charge in [-0.3, -0.25) is 0 Å². The Morgan fingerprint density at radius 2 is 0.960 bits per heavy atom. The van der Waals surface area contributed by atoms with Crippen molar-refractivity contribution in [2.45, 2.75) is 0 Å². The molecule has 2 N–H and O–H groups in total.